The minimum absolute atomic E-state index is 0.212. The van der Waals surface area contributed by atoms with Gasteiger partial charge in [-0.05, 0) is 88.1 Å². The number of primary amides is 1. The maximum absolute atomic E-state index is 13.4. The van der Waals surface area contributed by atoms with Gasteiger partial charge in [-0.15, -0.1) is 0 Å². The van der Waals surface area contributed by atoms with Gasteiger partial charge in [0.2, 0.25) is 0 Å². The Labute approximate surface area is 229 Å². The van der Waals surface area contributed by atoms with Gasteiger partial charge in [0, 0.05) is 17.4 Å². The Morgan fingerprint density at radius 2 is 1.92 bits per heavy atom. The lowest BCUT2D eigenvalue weighted by molar-refractivity contribution is 0.100. The molecule has 0 spiro atoms. The molecule has 2 aromatic heterocycles. The summed E-state index contributed by atoms with van der Waals surface area (Å²) in [5.41, 5.74) is 10.2. The van der Waals surface area contributed by atoms with Gasteiger partial charge >= 0.3 is 0 Å². The lowest BCUT2D eigenvalue weighted by Gasteiger charge is -2.23. The average Bonchev–Trinajstić information content (AvgIpc) is 3.63. The standard InChI is InChI=1S/C26H23BrClFN4O3S/c27-20-8-3-16(11-21(20)28)9-10-33(37(35)36)24-14-32-23(13-19(24)17-4-5-17)25(26(30)34)22(31-32)12-15-1-6-18(29)7-2-15/h1-3,6-8,11,13-14,17H,4-5,9-10,12H2,(H2,30,34)(H,35,36). The molecular weight excluding hydrogens is 583 g/mol. The number of amides is 1. The number of hydrogen-bond donors (Lipinski definition) is 2. The number of fused-ring (bicyclic) bond motifs is 1. The van der Waals surface area contributed by atoms with E-state index >= 15 is 0 Å². The normalized spacial score (nSPS) is 14.2. The highest BCUT2D eigenvalue weighted by Crippen LogP contribution is 2.45. The molecule has 192 valence electrons. The first kappa shape index (κ1) is 25.8. The summed E-state index contributed by atoms with van der Waals surface area (Å²) in [6, 6.07) is 13.4. The number of carbonyl (C=O) groups is 1. The van der Waals surface area contributed by atoms with Crippen LogP contribution in [0.2, 0.25) is 5.02 Å². The second-order valence-corrected chi connectivity index (χ2v) is 11.2. The van der Waals surface area contributed by atoms with Crippen LogP contribution in [0.15, 0.2) is 59.2 Å². The summed E-state index contributed by atoms with van der Waals surface area (Å²) in [7, 11) is 0. The monoisotopic (exact) mass is 604 g/mol. The fourth-order valence-corrected chi connectivity index (χ4v) is 5.49. The maximum Gasteiger partial charge on any atom is 0.261 e. The van der Waals surface area contributed by atoms with Crippen LogP contribution in [0.25, 0.3) is 5.52 Å². The quantitative estimate of drug-likeness (QED) is 0.241. The molecule has 0 saturated heterocycles. The molecule has 2 heterocycles. The highest BCUT2D eigenvalue weighted by Gasteiger charge is 2.31. The summed E-state index contributed by atoms with van der Waals surface area (Å²) in [4.78, 5) is 12.5. The molecule has 0 aliphatic heterocycles. The van der Waals surface area contributed by atoms with Crippen LogP contribution < -0.4 is 10.0 Å². The van der Waals surface area contributed by atoms with Gasteiger partial charge in [0.25, 0.3) is 17.2 Å². The van der Waals surface area contributed by atoms with E-state index in [2.05, 4.69) is 21.0 Å². The third-order valence-corrected chi connectivity index (χ3v) is 8.43. The molecule has 37 heavy (non-hydrogen) atoms. The van der Waals surface area contributed by atoms with Crippen molar-refractivity contribution < 1.29 is 17.9 Å². The number of hydrogen-bond acceptors (Lipinski definition) is 3. The molecule has 0 bridgehead atoms. The summed E-state index contributed by atoms with van der Waals surface area (Å²) in [5.74, 6) is -0.754. The largest absolute Gasteiger partial charge is 0.365 e. The molecule has 1 atom stereocenters. The zero-order valence-corrected chi connectivity index (χ0v) is 22.7. The summed E-state index contributed by atoms with van der Waals surface area (Å²) in [6.07, 6.45) is 4.35. The SMILES string of the molecule is NC(=O)c1c(Cc2ccc(F)cc2)nn2cc(N(CCc3ccc(Br)c(Cl)c3)S(=O)O)c(C3CC3)cc12. The molecule has 1 fully saturated rings. The first-order valence-corrected chi connectivity index (χ1v) is 13.9. The van der Waals surface area contributed by atoms with Gasteiger partial charge in [-0.25, -0.2) is 13.1 Å². The Morgan fingerprint density at radius 3 is 2.54 bits per heavy atom. The summed E-state index contributed by atoms with van der Waals surface area (Å²) in [6.45, 7) is 0.263. The van der Waals surface area contributed by atoms with Crippen LogP contribution in [0.5, 0.6) is 0 Å². The number of halogens is 3. The van der Waals surface area contributed by atoms with Gasteiger partial charge in [-0.3, -0.25) is 13.7 Å². The summed E-state index contributed by atoms with van der Waals surface area (Å²) < 4.78 is 39.8. The molecule has 1 saturated carbocycles. The molecule has 1 aliphatic rings. The fraction of sp³-hybridized carbons (Fsp3) is 0.231. The maximum atomic E-state index is 13.4. The van der Waals surface area contributed by atoms with E-state index in [0.29, 0.717) is 33.9 Å². The van der Waals surface area contributed by atoms with Gasteiger partial charge < -0.3 is 5.73 Å². The third-order valence-electron chi connectivity index (χ3n) is 6.45. The lowest BCUT2D eigenvalue weighted by atomic mass is 10.0. The van der Waals surface area contributed by atoms with Crippen molar-refractivity contribution in [2.75, 3.05) is 10.8 Å². The van der Waals surface area contributed by atoms with E-state index in [4.69, 9.17) is 17.3 Å². The zero-order valence-electron chi connectivity index (χ0n) is 19.5. The van der Waals surface area contributed by atoms with E-state index in [1.807, 2.05) is 24.3 Å². The zero-order chi connectivity index (χ0) is 26.3. The number of nitrogens with zero attached hydrogens (tertiary/aromatic N) is 3. The predicted molar refractivity (Wildman–Crippen MR) is 146 cm³/mol. The third kappa shape index (κ3) is 5.57. The second kappa shape index (κ2) is 10.5. The van der Waals surface area contributed by atoms with Crippen molar-refractivity contribution in [2.45, 2.75) is 31.6 Å². The smallest absolute Gasteiger partial charge is 0.261 e. The molecule has 2 aromatic carbocycles. The Morgan fingerprint density at radius 1 is 1.22 bits per heavy atom. The molecule has 3 N–H and O–H groups in total. The topological polar surface area (TPSA) is 101 Å². The Balaban J connectivity index is 1.55. The summed E-state index contributed by atoms with van der Waals surface area (Å²) >= 11 is 7.30. The molecule has 4 aromatic rings. The molecule has 11 heteroatoms. The van der Waals surface area contributed by atoms with E-state index < -0.39 is 17.2 Å². The van der Waals surface area contributed by atoms with Crippen molar-refractivity contribution in [2.24, 2.45) is 5.73 Å². The fourth-order valence-electron chi connectivity index (χ4n) is 4.47. The van der Waals surface area contributed by atoms with Crippen LogP contribution >= 0.6 is 27.5 Å². The van der Waals surface area contributed by atoms with Crippen molar-refractivity contribution >= 4 is 55.9 Å². The van der Waals surface area contributed by atoms with Crippen molar-refractivity contribution in [1.29, 1.82) is 0 Å². The molecule has 1 unspecified atom stereocenters. The van der Waals surface area contributed by atoms with Crippen LogP contribution in [-0.4, -0.2) is 30.8 Å². The number of rotatable bonds is 9. The minimum Gasteiger partial charge on any atom is -0.365 e. The van der Waals surface area contributed by atoms with Crippen LogP contribution in [0.4, 0.5) is 10.1 Å². The first-order valence-electron chi connectivity index (χ1n) is 11.6. The number of anilines is 1. The Kier molecular flexibility index (Phi) is 7.35. The molecular formula is C26H23BrClFN4O3S. The van der Waals surface area contributed by atoms with Gasteiger partial charge in [0.05, 0.1) is 33.7 Å². The molecule has 5 rings (SSSR count). The number of nitrogens with two attached hydrogens (primary N) is 1. The molecule has 7 nitrogen and oxygen atoms in total. The first-order chi connectivity index (χ1) is 17.7. The number of pyridine rings is 1. The highest BCUT2D eigenvalue weighted by atomic mass is 79.9. The van der Waals surface area contributed by atoms with E-state index in [-0.39, 0.29) is 24.7 Å². The Hall–Kier alpha value is -2.79. The van der Waals surface area contributed by atoms with E-state index in [0.717, 1.165) is 34.0 Å². The lowest BCUT2D eigenvalue weighted by Crippen LogP contribution is -2.29. The molecule has 1 amide bonds. The minimum atomic E-state index is -2.30. The van der Waals surface area contributed by atoms with Crippen molar-refractivity contribution in [3.8, 4) is 0 Å². The molecule has 1 aliphatic carbocycles. The van der Waals surface area contributed by atoms with E-state index in [1.165, 1.54) is 21.0 Å². The van der Waals surface area contributed by atoms with Crippen molar-refractivity contribution in [3.63, 3.8) is 0 Å². The van der Waals surface area contributed by atoms with Gasteiger partial charge in [-0.1, -0.05) is 29.8 Å². The number of benzene rings is 2. The van der Waals surface area contributed by atoms with E-state index in [9.17, 15) is 17.9 Å². The van der Waals surface area contributed by atoms with Crippen LogP contribution in [-0.2, 0) is 24.1 Å². The average molecular weight is 606 g/mol. The van der Waals surface area contributed by atoms with Gasteiger partial charge in [-0.2, -0.15) is 5.10 Å². The van der Waals surface area contributed by atoms with E-state index in [1.54, 1.807) is 18.3 Å². The molecule has 0 radical (unpaired) electrons. The highest BCUT2D eigenvalue weighted by molar-refractivity contribution is 9.10. The van der Waals surface area contributed by atoms with Crippen LogP contribution in [0.1, 0.15) is 51.5 Å². The summed E-state index contributed by atoms with van der Waals surface area (Å²) in [5, 5.41) is 5.17. The van der Waals surface area contributed by atoms with Crippen molar-refractivity contribution in [3.05, 3.63) is 98.0 Å². The van der Waals surface area contributed by atoms with Crippen LogP contribution in [0.3, 0.4) is 0 Å². The predicted octanol–water partition coefficient (Wildman–Crippen LogP) is 5.64. The number of aromatic nitrogens is 2. The second-order valence-electron chi connectivity index (χ2n) is 9.04. The van der Waals surface area contributed by atoms with Gasteiger partial charge in [0.1, 0.15) is 5.82 Å². The van der Waals surface area contributed by atoms with Crippen molar-refractivity contribution in [1.82, 2.24) is 9.61 Å². The van der Waals surface area contributed by atoms with Crippen LogP contribution in [0, 0.1) is 5.82 Å². The number of carbonyl (C=O) groups excluding carboxylic acids is 1. The van der Waals surface area contributed by atoms with Gasteiger partial charge in [0.15, 0.2) is 0 Å². The Bertz CT molecular complexity index is 1520.